The second-order valence-electron chi connectivity index (χ2n) is 14.0. The Labute approximate surface area is 316 Å². The Morgan fingerprint density at radius 2 is 0.630 bits per heavy atom. The van der Waals surface area contributed by atoms with Gasteiger partial charge in [0.05, 0.1) is 0 Å². The Morgan fingerprint density at radius 3 is 0.913 bits per heavy atom. The molecule has 0 fully saturated rings. The minimum Gasteiger partial charge on any atom is -0.872 e. The van der Waals surface area contributed by atoms with Gasteiger partial charge in [0.1, 0.15) is 0 Å². The van der Waals surface area contributed by atoms with E-state index in [1.165, 1.54) is 178 Å². The quantitative estimate of drug-likeness (QED) is 0.0619. The molecule has 2 aromatic rings. The van der Waals surface area contributed by atoms with Gasteiger partial charge in [0, 0.05) is 0 Å². The van der Waals surface area contributed by atoms with Crippen LogP contribution in [0.25, 0.3) is 0 Å². The van der Waals surface area contributed by atoms with Gasteiger partial charge in [-0.05, 0) is 43.2 Å². The van der Waals surface area contributed by atoms with Gasteiger partial charge in [-0.15, -0.1) is 11.5 Å². The van der Waals surface area contributed by atoms with E-state index in [9.17, 15) is 10.2 Å². The van der Waals surface area contributed by atoms with Gasteiger partial charge in [0.2, 0.25) is 0 Å². The predicted molar refractivity (Wildman–Crippen MR) is 199 cm³/mol. The number of benzene rings is 2. The van der Waals surface area contributed by atoms with Crippen LogP contribution in [0.4, 0.5) is 0 Å². The van der Waals surface area contributed by atoms with Gasteiger partial charge in [-0.25, -0.2) is 0 Å². The van der Waals surface area contributed by atoms with E-state index in [4.69, 9.17) is 0 Å². The summed E-state index contributed by atoms with van der Waals surface area (Å²) in [7, 11) is 0. The Balaban J connectivity index is 0.0000106. The van der Waals surface area contributed by atoms with E-state index in [-0.39, 0.29) is 49.2 Å². The molecule has 46 heavy (non-hydrogen) atoms. The Morgan fingerprint density at radius 1 is 0.370 bits per heavy atom. The van der Waals surface area contributed by atoms with Crippen LogP contribution in [-0.2, 0) is 19.3 Å². The maximum Gasteiger partial charge on any atom is 2.00 e. The van der Waals surface area contributed by atoms with Crippen molar-refractivity contribution in [3.05, 3.63) is 58.7 Å². The SMILES string of the molecule is CCCCCCCCCCCCCCCc1ccc([O-])c(Cc2cc(CCCCCCCCCCCCCCC)ccc2[O-])c1.[Ca+2]. The maximum absolute atomic E-state index is 12.7. The molecule has 0 saturated carbocycles. The number of rotatable bonds is 30. The molecule has 0 aliphatic heterocycles. The summed E-state index contributed by atoms with van der Waals surface area (Å²) in [4.78, 5) is 0. The molecule has 0 N–H and O–H groups in total. The van der Waals surface area contributed by atoms with Crippen LogP contribution in [0.3, 0.4) is 0 Å². The van der Waals surface area contributed by atoms with Crippen molar-refractivity contribution < 1.29 is 10.2 Å². The van der Waals surface area contributed by atoms with Gasteiger partial charge in [-0.1, -0.05) is 215 Å². The second kappa shape index (κ2) is 30.4. The van der Waals surface area contributed by atoms with E-state index >= 15 is 0 Å². The van der Waals surface area contributed by atoms with Gasteiger partial charge < -0.3 is 10.2 Å². The molecule has 3 heteroatoms. The molecule has 2 nitrogen and oxygen atoms in total. The van der Waals surface area contributed by atoms with Crippen molar-refractivity contribution in [1.29, 1.82) is 0 Å². The van der Waals surface area contributed by atoms with Crippen molar-refractivity contribution in [2.75, 3.05) is 0 Å². The number of unbranched alkanes of at least 4 members (excludes halogenated alkanes) is 24. The smallest absolute Gasteiger partial charge is 0.872 e. The largest absolute Gasteiger partial charge is 2.00 e. The molecule has 0 radical (unpaired) electrons. The first-order chi connectivity index (χ1) is 22.1. The van der Waals surface area contributed by atoms with Gasteiger partial charge in [0.25, 0.3) is 0 Å². The van der Waals surface area contributed by atoms with Crippen LogP contribution in [0.2, 0.25) is 0 Å². The van der Waals surface area contributed by atoms with Gasteiger partial charge in [-0.2, -0.15) is 0 Å². The van der Waals surface area contributed by atoms with Crippen LogP contribution in [-0.4, -0.2) is 37.7 Å². The maximum atomic E-state index is 12.7. The fourth-order valence-corrected chi connectivity index (χ4v) is 6.75. The van der Waals surface area contributed by atoms with Gasteiger partial charge in [0.15, 0.2) is 0 Å². The van der Waals surface area contributed by atoms with E-state index in [1.54, 1.807) is 12.1 Å². The van der Waals surface area contributed by atoms with E-state index < -0.39 is 0 Å². The number of hydrogen-bond donors (Lipinski definition) is 0. The summed E-state index contributed by atoms with van der Waals surface area (Å²) in [5.74, 6) is 0.121. The minimum absolute atomic E-state index is 0. The topological polar surface area (TPSA) is 46.1 Å². The van der Waals surface area contributed by atoms with E-state index in [2.05, 4.69) is 26.0 Å². The van der Waals surface area contributed by atoms with E-state index in [0.717, 1.165) is 24.0 Å². The third-order valence-electron chi connectivity index (χ3n) is 9.77. The minimum atomic E-state index is 0. The molecule has 0 unspecified atom stereocenters. The molecule has 0 atom stereocenters. The van der Waals surface area contributed by atoms with Crippen LogP contribution in [0, 0.1) is 0 Å². The predicted octanol–water partition coefficient (Wildman–Crippen LogP) is 12.3. The first kappa shape index (κ1) is 43.3. The average molecular weight is 659 g/mol. The molecule has 0 aromatic heterocycles. The van der Waals surface area contributed by atoms with Gasteiger partial charge >= 0.3 is 37.7 Å². The third-order valence-corrected chi connectivity index (χ3v) is 9.77. The van der Waals surface area contributed by atoms with Crippen LogP contribution >= 0.6 is 0 Å². The standard InChI is InChI=1S/C43H72O2.Ca/c1-3-5-7-9-11-13-15-17-19-21-23-25-27-29-38-31-33-42(44)40(35-38)37-41-36-39(32-34-43(41)45)30-28-26-24-22-20-18-16-14-12-10-8-6-4-2;/h31-36,44-45H,3-30,37H2,1-2H3;/q;+2/p-2. The van der Waals surface area contributed by atoms with E-state index in [1.807, 2.05) is 12.1 Å². The molecule has 0 amide bonds. The summed E-state index contributed by atoms with van der Waals surface area (Å²) >= 11 is 0. The van der Waals surface area contributed by atoms with Crippen molar-refractivity contribution >= 4 is 37.7 Å². The van der Waals surface area contributed by atoms with Crippen molar-refractivity contribution in [2.24, 2.45) is 0 Å². The Kier molecular flexibility index (Phi) is 28.6. The summed E-state index contributed by atoms with van der Waals surface area (Å²) in [5.41, 5.74) is 4.03. The number of hydrogen-bond acceptors (Lipinski definition) is 2. The van der Waals surface area contributed by atoms with Crippen molar-refractivity contribution in [3.63, 3.8) is 0 Å². The van der Waals surface area contributed by atoms with Crippen LogP contribution in [0.15, 0.2) is 36.4 Å². The van der Waals surface area contributed by atoms with E-state index in [0.29, 0.717) is 6.42 Å². The third kappa shape index (κ3) is 22.0. The monoisotopic (exact) mass is 659 g/mol. The summed E-state index contributed by atoms with van der Waals surface area (Å²) in [5, 5.41) is 25.3. The molecule has 0 aliphatic rings. The van der Waals surface area contributed by atoms with Crippen molar-refractivity contribution in [3.8, 4) is 11.5 Å². The number of aryl methyl sites for hydroxylation is 2. The second-order valence-corrected chi connectivity index (χ2v) is 14.0. The Hall–Kier alpha value is -0.700. The van der Waals surface area contributed by atoms with Crippen LogP contribution < -0.4 is 10.2 Å². The molecule has 0 aliphatic carbocycles. The zero-order valence-corrected chi connectivity index (χ0v) is 32.7. The molecule has 256 valence electrons. The van der Waals surface area contributed by atoms with Gasteiger partial charge in [-0.3, -0.25) is 0 Å². The zero-order valence-electron chi connectivity index (χ0n) is 30.5. The normalized spacial score (nSPS) is 11.2. The van der Waals surface area contributed by atoms with Crippen LogP contribution in [0.1, 0.15) is 203 Å². The van der Waals surface area contributed by atoms with Crippen molar-refractivity contribution in [2.45, 2.75) is 200 Å². The average Bonchev–Trinajstić information content (AvgIpc) is 3.04. The summed E-state index contributed by atoms with van der Waals surface area (Å²) in [6.45, 7) is 4.57. The molecule has 2 aromatic carbocycles. The molecular weight excluding hydrogens is 589 g/mol. The fraction of sp³-hybridized carbons (Fsp3) is 0.721. The Bertz CT molecular complexity index is 894. The molecule has 0 heterocycles. The first-order valence-electron chi connectivity index (χ1n) is 19.7. The zero-order chi connectivity index (χ0) is 32.2. The van der Waals surface area contributed by atoms with Crippen LogP contribution in [0.5, 0.6) is 11.5 Å². The first-order valence-corrected chi connectivity index (χ1v) is 19.7. The molecule has 0 saturated heterocycles. The van der Waals surface area contributed by atoms with Crippen molar-refractivity contribution in [1.82, 2.24) is 0 Å². The molecular formula is C43H70CaO2. The molecule has 0 bridgehead atoms. The summed E-state index contributed by atoms with van der Waals surface area (Å²) < 4.78 is 0. The summed E-state index contributed by atoms with van der Waals surface area (Å²) in [6, 6.07) is 11.6. The fourth-order valence-electron chi connectivity index (χ4n) is 6.75. The molecule has 2 rings (SSSR count). The summed E-state index contributed by atoms with van der Waals surface area (Å²) in [6.07, 6.45) is 37.9. The molecule has 0 spiro atoms.